The molecule has 0 aliphatic carbocycles. The van der Waals surface area contributed by atoms with Crippen molar-refractivity contribution in [3.8, 4) is 33.6 Å². The summed E-state index contributed by atoms with van der Waals surface area (Å²) in [7, 11) is 0. The first-order chi connectivity index (χ1) is 22.1. The Labute approximate surface area is 275 Å². The molecule has 6 aromatic rings. The van der Waals surface area contributed by atoms with Gasteiger partial charge < -0.3 is 19.7 Å². The predicted molar refractivity (Wildman–Crippen MR) is 181 cm³/mol. The monoisotopic (exact) mass is 650 g/mol. The van der Waals surface area contributed by atoms with Gasteiger partial charge in [-0.15, -0.1) is 0 Å². The van der Waals surface area contributed by atoms with Gasteiger partial charge in [-0.1, -0.05) is 82.0 Å². The van der Waals surface area contributed by atoms with Crippen LogP contribution in [-0.2, 0) is 0 Å². The molecule has 0 bridgehead atoms. The highest BCUT2D eigenvalue weighted by molar-refractivity contribution is 6.34. The molecule has 2 heterocycles. The lowest BCUT2D eigenvalue weighted by molar-refractivity contribution is 0.101. The Morgan fingerprint density at radius 3 is 1.35 bits per heavy atom. The van der Waals surface area contributed by atoms with Crippen LogP contribution in [0.1, 0.15) is 43.4 Å². The molecular weight excluding hydrogens is 623 g/mol. The van der Waals surface area contributed by atoms with Crippen molar-refractivity contribution in [2.75, 3.05) is 10.6 Å². The number of hydrogen-bond acceptors (Lipinski definition) is 6. The normalized spacial score (nSPS) is 11.0. The van der Waals surface area contributed by atoms with Gasteiger partial charge in [0.05, 0.1) is 10.0 Å². The average Bonchev–Trinajstić information content (AvgIpc) is 3.61. The molecule has 0 fully saturated rings. The Hall–Kier alpha value is -5.18. The summed E-state index contributed by atoms with van der Waals surface area (Å²) in [5.41, 5.74) is 7.59. The van der Waals surface area contributed by atoms with E-state index >= 15 is 0 Å². The minimum absolute atomic E-state index is 0.324. The van der Waals surface area contributed by atoms with Crippen LogP contribution in [0.15, 0.2) is 94.0 Å². The van der Waals surface area contributed by atoms with Gasteiger partial charge in [0.1, 0.15) is 34.0 Å². The van der Waals surface area contributed by atoms with E-state index in [2.05, 4.69) is 20.9 Å². The molecule has 0 saturated heterocycles. The van der Waals surface area contributed by atoms with E-state index in [-0.39, 0.29) is 11.8 Å². The lowest BCUT2D eigenvalue weighted by atomic mass is 9.99. The number of rotatable bonds is 7. The van der Waals surface area contributed by atoms with E-state index in [0.29, 0.717) is 66.6 Å². The standard InChI is InChI=1S/C36H28Cl2N4O4/c1-19-17-23(13-15-29(19)39-35(43)31-21(3)45-41-33(31)25-9-5-7-11-27(25)37)24-14-16-30(20(2)18-24)40-36(44)32-22(4)46-42-34(32)26-10-6-8-12-28(26)38/h5-18H,1-4H3,(H,39,43)(H,40,44). The number of hydrogen-bond donors (Lipinski definition) is 2. The zero-order chi connectivity index (χ0) is 32.5. The summed E-state index contributed by atoms with van der Waals surface area (Å²) < 4.78 is 10.7. The third-order valence-corrected chi connectivity index (χ3v) is 8.38. The molecule has 0 radical (unpaired) electrons. The van der Waals surface area contributed by atoms with E-state index in [1.807, 2.05) is 74.5 Å². The van der Waals surface area contributed by atoms with Crippen LogP contribution in [0, 0.1) is 27.7 Å². The number of amides is 2. The van der Waals surface area contributed by atoms with E-state index in [1.54, 1.807) is 38.1 Å². The molecule has 10 heteroatoms. The van der Waals surface area contributed by atoms with Gasteiger partial charge in [-0.25, -0.2) is 0 Å². The highest BCUT2D eigenvalue weighted by Crippen LogP contribution is 2.34. The molecule has 46 heavy (non-hydrogen) atoms. The summed E-state index contributed by atoms with van der Waals surface area (Å²) in [5, 5.41) is 15.1. The van der Waals surface area contributed by atoms with Gasteiger partial charge in [0.15, 0.2) is 0 Å². The molecular formula is C36H28Cl2N4O4. The summed E-state index contributed by atoms with van der Waals surface area (Å²) in [6.45, 7) is 7.23. The van der Waals surface area contributed by atoms with Crippen molar-refractivity contribution in [3.05, 3.63) is 129 Å². The van der Waals surface area contributed by atoms with Crippen LogP contribution < -0.4 is 10.6 Å². The highest BCUT2D eigenvalue weighted by Gasteiger charge is 2.25. The molecule has 0 unspecified atom stereocenters. The molecule has 8 nitrogen and oxygen atoms in total. The van der Waals surface area contributed by atoms with Crippen LogP contribution in [0.5, 0.6) is 0 Å². The zero-order valence-electron chi connectivity index (χ0n) is 25.4. The van der Waals surface area contributed by atoms with E-state index in [1.165, 1.54) is 0 Å². The summed E-state index contributed by atoms with van der Waals surface area (Å²) in [5.74, 6) is 0.0923. The molecule has 2 amide bonds. The van der Waals surface area contributed by atoms with Crippen molar-refractivity contribution >= 4 is 46.4 Å². The quantitative estimate of drug-likeness (QED) is 0.178. The molecule has 2 aromatic heterocycles. The molecule has 0 spiro atoms. The Morgan fingerprint density at radius 1 is 0.587 bits per heavy atom. The van der Waals surface area contributed by atoms with Crippen LogP contribution in [0.2, 0.25) is 10.0 Å². The molecule has 0 aliphatic rings. The first-order valence-electron chi connectivity index (χ1n) is 14.4. The van der Waals surface area contributed by atoms with Gasteiger partial charge in [0, 0.05) is 22.5 Å². The minimum Gasteiger partial charge on any atom is -0.360 e. The summed E-state index contributed by atoms with van der Waals surface area (Å²) in [6.07, 6.45) is 0. The topological polar surface area (TPSA) is 110 Å². The number of nitrogens with one attached hydrogen (secondary N) is 2. The van der Waals surface area contributed by atoms with Crippen molar-refractivity contribution in [1.82, 2.24) is 10.3 Å². The van der Waals surface area contributed by atoms with E-state index < -0.39 is 0 Å². The summed E-state index contributed by atoms with van der Waals surface area (Å²) >= 11 is 12.7. The van der Waals surface area contributed by atoms with Gasteiger partial charge >= 0.3 is 0 Å². The van der Waals surface area contributed by atoms with Crippen molar-refractivity contribution in [2.24, 2.45) is 0 Å². The van der Waals surface area contributed by atoms with Crippen LogP contribution in [0.25, 0.3) is 33.6 Å². The number of anilines is 2. The minimum atomic E-state index is -0.346. The number of benzene rings is 4. The van der Waals surface area contributed by atoms with Gasteiger partial charge in [-0.3, -0.25) is 9.59 Å². The fourth-order valence-electron chi connectivity index (χ4n) is 5.29. The van der Waals surface area contributed by atoms with E-state index in [4.69, 9.17) is 32.2 Å². The van der Waals surface area contributed by atoms with Crippen LogP contribution in [-0.4, -0.2) is 22.1 Å². The molecule has 230 valence electrons. The average molecular weight is 652 g/mol. The largest absolute Gasteiger partial charge is 0.360 e. The fourth-order valence-corrected chi connectivity index (χ4v) is 5.74. The van der Waals surface area contributed by atoms with Crippen molar-refractivity contribution in [3.63, 3.8) is 0 Å². The Morgan fingerprint density at radius 2 is 0.978 bits per heavy atom. The molecule has 0 atom stereocenters. The number of carbonyl (C=O) groups excluding carboxylic acids is 2. The molecule has 4 aromatic carbocycles. The number of aryl methyl sites for hydroxylation is 4. The third-order valence-electron chi connectivity index (χ3n) is 7.72. The number of aromatic nitrogens is 2. The van der Waals surface area contributed by atoms with Gasteiger partial charge in [0.25, 0.3) is 11.8 Å². The highest BCUT2D eigenvalue weighted by atomic mass is 35.5. The lowest BCUT2D eigenvalue weighted by Crippen LogP contribution is -2.14. The van der Waals surface area contributed by atoms with Crippen LogP contribution >= 0.6 is 23.2 Å². The van der Waals surface area contributed by atoms with Crippen molar-refractivity contribution in [2.45, 2.75) is 27.7 Å². The maximum atomic E-state index is 13.4. The number of nitrogens with zero attached hydrogens (tertiary/aromatic N) is 2. The molecule has 2 N–H and O–H groups in total. The smallest absolute Gasteiger partial charge is 0.261 e. The summed E-state index contributed by atoms with van der Waals surface area (Å²) in [6, 6.07) is 25.9. The van der Waals surface area contributed by atoms with Crippen molar-refractivity contribution < 1.29 is 18.6 Å². The predicted octanol–water partition coefficient (Wildman–Crippen LogP) is 9.71. The zero-order valence-corrected chi connectivity index (χ0v) is 26.9. The Kier molecular flexibility index (Phi) is 8.49. The van der Waals surface area contributed by atoms with Gasteiger partial charge in [0.2, 0.25) is 0 Å². The Bertz CT molecular complexity index is 1980. The van der Waals surface area contributed by atoms with Gasteiger partial charge in [-0.2, -0.15) is 0 Å². The maximum Gasteiger partial charge on any atom is 0.261 e. The third kappa shape index (κ3) is 5.92. The van der Waals surface area contributed by atoms with Crippen LogP contribution in [0.4, 0.5) is 11.4 Å². The molecule has 0 aliphatic heterocycles. The second-order valence-corrected chi connectivity index (χ2v) is 11.7. The summed E-state index contributed by atoms with van der Waals surface area (Å²) in [4.78, 5) is 26.8. The second kappa shape index (κ2) is 12.7. The first kappa shape index (κ1) is 30.8. The number of carbonyl (C=O) groups is 2. The first-order valence-corrected chi connectivity index (χ1v) is 15.1. The fraction of sp³-hybridized carbons (Fsp3) is 0.111. The SMILES string of the molecule is Cc1cc(-c2ccc(NC(=O)c3c(-c4ccccc4Cl)noc3C)c(C)c2)ccc1NC(=O)c1c(-c2ccccc2Cl)noc1C. The number of halogens is 2. The van der Waals surface area contributed by atoms with Gasteiger partial charge in [-0.05, 0) is 86.3 Å². The Balaban J connectivity index is 1.20. The second-order valence-electron chi connectivity index (χ2n) is 10.9. The lowest BCUT2D eigenvalue weighted by Gasteiger charge is -2.13. The molecule has 6 rings (SSSR count). The van der Waals surface area contributed by atoms with E-state index in [0.717, 1.165) is 22.3 Å². The van der Waals surface area contributed by atoms with Crippen molar-refractivity contribution in [1.29, 1.82) is 0 Å². The van der Waals surface area contributed by atoms with Crippen LogP contribution in [0.3, 0.4) is 0 Å². The van der Waals surface area contributed by atoms with E-state index in [9.17, 15) is 9.59 Å². The molecule has 0 saturated carbocycles. The maximum absolute atomic E-state index is 13.4.